The van der Waals surface area contributed by atoms with E-state index in [4.69, 9.17) is 9.47 Å². The molecule has 6 nitrogen and oxygen atoms in total. The highest BCUT2D eigenvalue weighted by Gasteiger charge is 2.17. The Balaban J connectivity index is 1.39. The molecule has 1 heterocycles. The van der Waals surface area contributed by atoms with Gasteiger partial charge in [0.2, 0.25) is 0 Å². The number of rotatable bonds is 10. The Morgan fingerprint density at radius 1 is 0.917 bits per heavy atom. The van der Waals surface area contributed by atoms with E-state index in [2.05, 4.69) is 22.3 Å². The predicted octanol–water partition coefficient (Wildman–Crippen LogP) is 5.64. The number of urea groups is 1. The molecule has 4 rings (SSSR count). The van der Waals surface area contributed by atoms with Gasteiger partial charge in [0.1, 0.15) is 12.4 Å². The molecule has 0 atom stereocenters. The van der Waals surface area contributed by atoms with E-state index >= 15 is 0 Å². The number of hydrogen-bond acceptors (Lipinski definition) is 4. The fourth-order valence-electron chi connectivity index (χ4n) is 4.41. The number of nitrogens with one attached hydrogen (secondary N) is 1. The van der Waals surface area contributed by atoms with Crippen LogP contribution in [0.4, 0.5) is 10.5 Å². The Hall–Kier alpha value is -3.35. The van der Waals surface area contributed by atoms with Crippen LogP contribution in [-0.2, 0) is 17.9 Å². The molecule has 0 unspecified atom stereocenters. The lowest BCUT2D eigenvalue weighted by atomic mass is 10.1. The second-order valence-electron chi connectivity index (χ2n) is 9.34. The Morgan fingerprint density at radius 2 is 1.61 bits per heavy atom. The van der Waals surface area contributed by atoms with Crippen LogP contribution in [0.2, 0.25) is 0 Å². The van der Waals surface area contributed by atoms with Gasteiger partial charge in [-0.2, -0.15) is 0 Å². The number of nitrogens with zero attached hydrogens (tertiary/aromatic N) is 2. The number of anilines is 1. The molecule has 3 aromatic rings. The molecule has 2 amide bonds. The summed E-state index contributed by atoms with van der Waals surface area (Å²) in [5.74, 6) is 0.821. The third-order valence-electron chi connectivity index (χ3n) is 6.55. The predicted molar refractivity (Wildman–Crippen MR) is 144 cm³/mol. The number of carbonyl (C=O) groups excluding carboxylic acids is 1. The third kappa shape index (κ3) is 7.57. The lowest BCUT2D eigenvalue weighted by Gasteiger charge is -2.29. The van der Waals surface area contributed by atoms with Crippen LogP contribution in [-0.4, -0.2) is 55.2 Å². The Kier molecular flexibility index (Phi) is 9.36. The molecule has 6 heteroatoms. The van der Waals surface area contributed by atoms with Crippen molar-refractivity contribution in [2.75, 3.05) is 44.7 Å². The van der Waals surface area contributed by atoms with Crippen LogP contribution >= 0.6 is 0 Å². The van der Waals surface area contributed by atoms with Crippen LogP contribution < -0.4 is 10.1 Å². The van der Waals surface area contributed by atoms with Gasteiger partial charge in [0, 0.05) is 38.4 Å². The lowest BCUT2D eigenvalue weighted by molar-refractivity contribution is 0.0365. The number of benzene rings is 3. The summed E-state index contributed by atoms with van der Waals surface area (Å²) >= 11 is 0. The molecule has 190 valence electrons. The number of aryl methyl sites for hydroxylation is 2. The molecule has 3 aromatic carbocycles. The summed E-state index contributed by atoms with van der Waals surface area (Å²) in [6, 6.07) is 24.2. The first-order valence-corrected chi connectivity index (χ1v) is 12.8. The van der Waals surface area contributed by atoms with Gasteiger partial charge in [0.05, 0.1) is 13.2 Å². The Morgan fingerprint density at radius 3 is 2.31 bits per heavy atom. The minimum Gasteiger partial charge on any atom is -0.489 e. The largest absolute Gasteiger partial charge is 0.489 e. The quantitative estimate of drug-likeness (QED) is 0.402. The zero-order valence-corrected chi connectivity index (χ0v) is 21.4. The number of carbonyl (C=O) groups is 1. The third-order valence-corrected chi connectivity index (χ3v) is 6.55. The van der Waals surface area contributed by atoms with Crippen LogP contribution in [0.3, 0.4) is 0 Å². The standard InChI is InChI=1S/C30H37N3O3/c1-24-8-6-9-25(2)29(24)31-30(34)33(17-7-16-32-18-20-35-21-19-32)22-26-12-14-28(15-13-26)36-23-27-10-4-3-5-11-27/h3-6,8-15H,7,16-23H2,1-2H3,(H,31,34). The minimum atomic E-state index is -0.0706. The summed E-state index contributed by atoms with van der Waals surface area (Å²) in [6.07, 6.45) is 0.915. The van der Waals surface area contributed by atoms with Crippen LogP contribution in [0.25, 0.3) is 0 Å². The second kappa shape index (κ2) is 13.1. The number of ether oxygens (including phenoxy) is 2. The number of hydrogen-bond donors (Lipinski definition) is 1. The molecule has 0 radical (unpaired) electrons. The highest BCUT2D eigenvalue weighted by Crippen LogP contribution is 2.21. The van der Waals surface area contributed by atoms with Crippen molar-refractivity contribution in [1.82, 2.24) is 9.80 Å². The van der Waals surface area contributed by atoms with Gasteiger partial charge in [-0.1, -0.05) is 60.7 Å². The van der Waals surface area contributed by atoms with Gasteiger partial charge in [0.25, 0.3) is 0 Å². The number of amides is 2. The molecule has 0 aromatic heterocycles. The monoisotopic (exact) mass is 487 g/mol. The average Bonchev–Trinajstić information content (AvgIpc) is 2.91. The highest BCUT2D eigenvalue weighted by molar-refractivity contribution is 5.91. The van der Waals surface area contributed by atoms with E-state index in [-0.39, 0.29) is 6.03 Å². The summed E-state index contributed by atoms with van der Waals surface area (Å²) in [7, 11) is 0. The van der Waals surface area contributed by atoms with Crippen LogP contribution in [0.15, 0.2) is 72.8 Å². The van der Waals surface area contributed by atoms with Crippen molar-refractivity contribution < 1.29 is 14.3 Å². The minimum absolute atomic E-state index is 0.0706. The van der Waals surface area contributed by atoms with Gasteiger partial charge >= 0.3 is 6.03 Å². The van der Waals surface area contributed by atoms with Crippen molar-refractivity contribution in [3.8, 4) is 5.75 Å². The number of para-hydroxylation sites is 1. The normalized spacial score (nSPS) is 13.8. The summed E-state index contributed by atoms with van der Waals surface area (Å²) < 4.78 is 11.4. The summed E-state index contributed by atoms with van der Waals surface area (Å²) in [6.45, 7) is 10.3. The molecule has 0 bridgehead atoms. The maximum absolute atomic E-state index is 13.4. The van der Waals surface area contributed by atoms with Crippen molar-refractivity contribution in [3.05, 3.63) is 95.1 Å². The first-order valence-electron chi connectivity index (χ1n) is 12.8. The molecular weight excluding hydrogens is 450 g/mol. The van der Waals surface area contributed by atoms with Crippen LogP contribution in [0, 0.1) is 13.8 Å². The van der Waals surface area contributed by atoms with Gasteiger partial charge in [-0.15, -0.1) is 0 Å². The fourth-order valence-corrected chi connectivity index (χ4v) is 4.41. The van der Waals surface area contributed by atoms with E-state index in [1.165, 1.54) is 0 Å². The summed E-state index contributed by atoms with van der Waals surface area (Å²) in [4.78, 5) is 17.7. The first kappa shape index (κ1) is 25.7. The maximum atomic E-state index is 13.4. The van der Waals surface area contributed by atoms with Crippen LogP contribution in [0.5, 0.6) is 5.75 Å². The first-order chi connectivity index (χ1) is 17.6. The molecule has 1 saturated heterocycles. The molecule has 0 spiro atoms. The summed E-state index contributed by atoms with van der Waals surface area (Å²) in [5.41, 5.74) is 5.24. The average molecular weight is 488 g/mol. The van der Waals surface area contributed by atoms with Crippen LogP contribution in [0.1, 0.15) is 28.7 Å². The second-order valence-corrected chi connectivity index (χ2v) is 9.34. The van der Waals surface area contributed by atoms with E-state index in [1.54, 1.807) is 0 Å². The molecular formula is C30H37N3O3. The molecule has 0 aliphatic carbocycles. The summed E-state index contributed by atoms with van der Waals surface area (Å²) in [5, 5.41) is 3.17. The van der Waals surface area contributed by atoms with Gasteiger partial charge in [-0.25, -0.2) is 4.79 Å². The van der Waals surface area contributed by atoms with Crippen molar-refractivity contribution in [1.29, 1.82) is 0 Å². The maximum Gasteiger partial charge on any atom is 0.322 e. The van der Waals surface area contributed by atoms with Crippen molar-refractivity contribution in [2.24, 2.45) is 0 Å². The van der Waals surface area contributed by atoms with Crippen molar-refractivity contribution in [3.63, 3.8) is 0 Å². The zero-order valence-electron chi connectivity index (χ0n) is 21.4. The topological polar surface area (TPSA) is 54.0 Å². The molecule has 1 aliphatic heterocycles. The van der Waals surface area contributed by atoms with E-state index in [9.17, 15) is 4.79 Å². The lowest BCUT2D eigenvalue weighted by Crippen LogP contribution is -2.40. The van der Waals surface area contributed by atoms with Crippen molar-refractivity contribution in [2.45, 2.75) is 33.4 Å². The molecule has 0 saturated carbocycles. The van der Waals surface area contributed by atoms with E-state index in [0.29, 0.717) is 19.7 Å². The smallest absolute Gasteiger partial charge is 0.322 e. The van der Waals surface area contributed by atoms with Gasteiger partial charge in [-0.05, 0) is 54.7 Å². The zero-order chi connectivity index (χ0) is 25.2. The van der Waals surface area contributed by atoms with E-state index in [1.807, 2.05) is 79.4 Å². The molecule has 1 fully saturated rings. The Bertz CT molecular complexity index is 1080. The SMILES string of the molecule is Cc1cccc(C)c1NC(=O)N(CCCN1CCOCC1)Cc1ccc(OCc2ccccc2)cc1. The molecule has 1 N–H and O–H groups in total. The van der Waals surface area contributed by atoms with Gasteiger partial charge < -0.3 is 19.7 Å². The fraction of sp³-hybridized carbons (Fsp3) is 0.367. The molecule has 1 aliphatic rings. The Labute approximate surface area is 214 Å². The van der Waals surface area contributed by atoms with E-state index in [0.717, 1.165) is 73.0 Å². The number of morpholine rings is 1. The highest BCUT2D eigenvalue weighted by atomic mass is 16.5. The molecule has 36 heavy (non-hydrogen) atoms. The van der Waals surface area contributed by atoms with Crippen molar-refractivity contribution >= 4 is 11.7 Å². The van der Waals surface area contributed by atoms with E-state index < -0.39 is 0 Å². The van der Waals surface area contributed by atoms with Gasteiger partial charge in [-0.3, -0.25) is 4.90 Å². The van der Waals surface area contributed by atoms with Gasteiger partial charge in [0.15, 0.2) is 0 Å².